The van der Waals surface area contributed by atoms with E-state index in [9.17, 15) is 8.42 Å². The van der Waals surface area contributed by atoms with Gasteiger partial charge in [0.05, 0.1) is 17.3 Å². The molecule has 90 valence electrons. The maximum absolute atomic E-state index is 12.0. The van der Waals surface area contributed by atoms with Crippen LogP contribution in [0.2, 0.25) is 0 Å². The van der Waals surface area contributed by atoms with Crippen LogP contribution in [0.3, 0.4) is 0 Å². The van der Waals surface area contributed by atoms with Gasteiger partial charge in [0.2, 0.25) is 10.0 Å². The van der Waals surface area contributed by atoms with E-state index in [2.05, 4.69) is 4.72 Å². The average Bonchev–Trinajstić information content (AvgIpc) is 2.23. The number of hydrogen-bond acceptors (Lipinski definition) is 4. The Morgan fingerprint density at radius 1 is 1.41 bits per heavy atom. The van der Waals surface area contributed by atoms with Crippen LogP contribution in [0.1, 0.15) is 24.8 Å². The van der Waals surface area contributed by atoms with E-state index in [0.29, 0.717) is 5.56 Å². The molecule has 0 saturated heterocycles. The van der Waals surface area contributed by atoms with Gasteiger partial charge >= 0.3 is 0 Å². The number of nitrogens with one attached hydrogen (secondary N) is 1. The monoisotopic (exact) mass is 251 g/mol. The lowest BCUT2D eigenvalue weighted by molar-refractivity contribution is 0.383. The topological polar surface area (TPSA) is 96.0 Å². The van der Waals surface area contributed by atoms with Crippen molar-refractivity contribution in [1.29, 1.82) is 5.26 Å². The van der Waals surface area contributed by atoms with Crippen LogP contribution in [0, 0.1) is 11.3 Å². The third-order valence-corrected chi connectivity index (χ3v) is 4.45. The summed E-state index contributed by atoms with van der Waals surface area (Å²) >= 11 is 0. The second kappa shape index (κ2) is 4.35. The van der Waals surface area contributed by atoms with E-state index < -0.39 is 10.0 Å². The molecule has 3 N–H and O–H groups in total. The van der Waals surface area contributed by atoms with Gasteiger partial charge < -0.3 is 5.73 Å². The van der Waals surface area contributed by atoms with Crippen LogP contribution < -0.4 is 10.5 Å². The smallest absolute Gasteiger partial charge is 0.242 e. The Morgan fingerprint density at radius 2 is 2.12 bits per heavy atom. The Morgan fingerprint density at radius 3 is 2.59 bits per heavy atom. The zero-order valence-electron chi connectivity index (χ0n) is 9.18. The molecule has 2 rings (SSSR count). The number of nitrogens with zero attached hydrogens (tertiary/aromatic N) is 1. The molecule has 1 saturated carbocycles. The van der Waals surface area contributed by atoms with E-state index in [1.165, 1.54) is 18.2 Å². The van der Waals surface area contributed by atoms with Crippen LogP contribution in [0.4, 0.5) is 5.69 Å². The summed E-state index contributed by atoms with van der Waals surface area (Å²) in [5.74, 6) is 0. The first kappa shape index (κ1) is 11.9. The highest BCUT2D eigenvalue weighted by atomic mass is 32.2. The largest absolute Gasteiger partial charge is 0.398 e. The average molecular weight is 251 g/mol. The van der Waals surface area contributed by atoms with Gasteiger partial charge in [-0.15, -0.1) is 0 Å². The van der Waals surface area contributed by atoms with Gasteiger partial charge in [-0.3, -0.25) is 0 Å². The molecule has 0 radical (unpaired) electrons. The molecule has 0 amide bonds. The SMILES string of the molecule is N#Cc1ccc(S(=O)(=O)NC2CCC2)c(N)c1. The number of rotatable bonds is 3. The molecule has 1 aromatic rings. The van der Waals surface area contributed by atoms with E-state index in [4.69, 9.17) is 11.0 Å². The van der Waals surface area contributed by atoms with Gasteiger partial charge in [0.15, 0.2) is 0 Å². The maximum Gasteiger partial charge on any atom is 0.242 e. The summed E-state index contributed by atoms with van der Waals surface area (Å²) in [6, 6.07) is 6.13. The summed E-state index contributed by atoms with van der Waals surface area (Å²) in [5, 5.41) is 8.68. The first-order valence-corrected chi connectivity index (χ1v) is 6.83. The number of nitrogen functional groups attached to an aromatic ring is 1. The van der Waals surface area contributed by atoms with Crippen LogP contribution in [-0.2, 0) is 10.0 Å². The summed E-state index contributed by atoms with van der Waals surface area (Å²) in [4.78, 5) is 0.0448. The quantitative estimate of drug-likeness (QED) is 0.782. The van der Waals surface area contributed by atoms with Gasteiger partial charge in [-0.25, -0.2) is 13.1 Å². The maximum atomic E-state index is 12.0. The van der Waals surface area contributed by atoms with Crippen LogP contribution in [0.5, 0.6) is 0 Å². The highest BCUT2D eigenvalue weighted by Crippen LogP contribution is 2.24. The summed E-state index contributed by atoms with van der Waals surface area (Å²) in [7, 11) is -3.56. The standard InChI is InChI=1S/C11H13N3O2S/c12-7-8-4-5-11(10(13)6-8)17(15,16)14-9-2-1-3-9/h4-6,9,14H,1-3,13H2. The van der Waals surface area contributed by atoms with Gasteiger partial charge in [0.25, 0.3) is 0 Å². The van der Waals surface area contributed by atoms with Gasteiger partial charge in [0.1, 0.15) is 4.90 Å². The van der Waals surface area contributed by atoms with Crippen molar-refractivity contribution in [3.8, 4) is 6.07 Å². The predicted octanol–water partition coefficient (Wildman–Crippen LogP) is 0.971. The van der Waals surface area contributed by atoms with Crippen molar-refractivity contribution in [2.45, 2.75) is 30.2 Å². The van der Waals surface area contributed by atoms with Crippen LogP contribution in [0.25, 0.3) is 0 Å². The molecule has 0 atom stereocenters. The molecule has 6 heteroatoms. The van der Waals surface area contributed by atoms with Crippen LogP contribution >= 0.6 is 0 Å². The molecule has 17 heavy (non-hydrogen) atoms. The Kier molecular flexibility index (Phi) is 3.05. The molecule has 0 aliphatic heterocycles. The Balaban J connectivity index is 2.29. The summed E-state index contributed by atoms with van der Waals surface area (Å²) in [5.41, 5.74) is 6.11. The number of sulfonamides is 1. The highest BCUT2D eigenvalue weighted by Gasteiger charge is 2.25. The summed E-state index contributed by atoms with van der Waals surface area (Å²) in [6.07, 6.45) is 2.79. The Hall–Kier alpha value is -1.58. The lowest BCUT2D eigenvalue weighted by Gasteiger charge is -2.26. The summed E-state index contributed by atoms with van der Waals surface area (Å²) in [6.45, 7) is 0. The van der Waals surface area contributed by atoms with Crippen molar-refractivity contribution >= 4 is 15.7 Å². The zero-order valence-corrected chi connectivity index (χ0v) is 10.00. The molecule has 1 aromatic carbocycles. The van der Waals surface area contributed by atoms with E-state index in [1.807, 2.05) is 6.07 Å². The fourth-order valence-corrected chi connectivity index (χ4v) is 3.09. The minimum Gasteiger partial charge on any atom is -0.398 e. The third-order valence-electron chi connectivity index (χ3n) is 2.86. The highest BCUT2D eigenvalue weighted by molar-refractivity contribution is 7.89. The number of nitriles is 1. The van der Waals surface area contributed by atoms with E-state index in [1.54, 1.807) is 0 Å². The van der Waals surface area contributed by atoms with Crippen molar-refractivity contribution in [3.63, 3.8) is 0 Å². The lowest BCUT2D eigenvalue weighted by atomic mass is 9.94. The molecular weight excluding hydrogens is 238 g/mol. The third kappa shape index (κ3) is 2.40. The Labute approximate surface area is 100 Å². The van der Waals surface area contributed by atoms with Gasteiger partial charge in [-0.05, 0) is 31.0 Å². The summed E-state index contributed by atoms with van der Waals surface area (Å²) < 4.78 is 26.6. The molecule has 1 fully saturated rings. The molecule has 0 unspecified atom stereocenters. The molecule has 1 aliphatic rings. The molecule has 0 bridgehead atoms. The molecule has 1 aliphatic carbocycles. The fraction of sp³-hybridized carbons (Fsp3) is 0.364. The van der Waals surface area contributed by atoms with Crippen molar-refractivity contribution in [1.82, 2.24) is 4.72 Å². The second-order valence-corrected chi connectivity index (χ2v) is 5.80. The molecular formula is C11H13N3O2S. The number of nitrogens with two attached hydrogens (primary N) is 1. The molecule has 0 heterocycles. The van der Waals surface area contributed by atoms with Crippen molar-refractivity contribution in [3.05, 3.63) is 23.8 Å². The van der Waals surface area contributed by atoms with E-state index in [0.717, 1.165) is 19.3 Å². The number of anilines is 1. The van der Waals surface area contributed by atoms with Crippen LogP contribution in [0.15, 0.2) is 23.1 Å². The molecule has 5 nitrogen and oxygen atoms in total. The number of hydrogen-bond donors (Lipinski definition) is 2. The van der Waals surface area contributed by atoms with Gasteiger partial charge in [-0.2, -0.15) is 5.26 Å². The first-order chi connectivity index (χ1) is 8.03. The fourth-order valence-electron chi connectivity index (χ4n) is 1.67. The Bertz CT molecular complexity index is 571. The zero-order chi connectivity index (χ0) is 12.5. The lowest BCUT2D eigenvalue weighted by Crippen LogP contribution is -2.39. The van der Waals surface area contributed by atoms with Crippen LogP contribution in [-0.4, -0.2) is 14.5 Å². The van der Waals surface area contributed by atoms with Gasteiger partial charge in [0, 0.05) is 6.04 Å². The second-order valence-electron chi connectivity index (χ2n) is 4.11. The van der Waals surface area contributed by atoms with Crippen molar-refractivity contribution in [2.24, 2.45) is 0 Å². The van der Waals surface area contributed by atoms with Gasteiger partial charge in [-0.1, -0.05) is 6.42 Å². The van der Waals surface area contributed by atoms with Crippen molar-refractivity contribution in [2.75, 3.05) is 5.73 Å². The van der Waals surface area contributed by atoms with E-state index in [-0.39, 0.29) is 16.6 Å². The predicted molar refractivity (Wildman–Crippen MR) is 63.5 cm³/mol. The van der Waals surface area contributed by atoms with Crippen molar-refractivity contribution < 1.29 is 8.42 Å². The minimum atomic E-state index is -3.56. The molecule has 0 spiro atoms. The normalized spacial score (nSPS) is 16.2. The number of benzene rings is 1. The molecule has 0 aromatic heterocycles. The minimum absolute atomic E-state index is 0.0232. The first-order valence-electron chi connectivity index (χ1n) is 5.35. The van der Waals surface area contributed by atoms with E-state index >= 15 is 0 Å².